The first-order chi connectivity index (χ1) is 9.38. The van der Waals surface area contributed by atoms with Crippen LogP contribution in [0.1, 0.15) is 11.3 Å². The van der Waals surface area contributed by atoms with E-state index in [-0.39, 0.29) is 16.3 Å². The van der Waals surface area contributed by atoms with Crippen molar-refractivity contribution < 1.29 is 13.2 Å². The Morgan fingerprint density at radius 3 is 2.70 bits per heavy atom. The summed E-state index contributed by atoms with van der Waals surface area (Å²) in [6, 6.07) is 8.44. The van der Waals surface area contributed by atoms with E-state index in [0.29, 0.717) is 11.4 Å². The van der Waals surface area contributed by atoms with Crippen molar-refractivity contribution in [3.8, 4) is 17.5 Å². The summed E-state index contributed by atoms with van der Waals surface area (Å²) < 4.78 is 29.6. The second-order valence-electron chi connectivity index (χ2n) is 3.93. The summed E-state index contributed by atoms with van der Waals surface area (Å²) in [5.74, 6) is 0.534. The molecule has 0 radical (unpaired) electrons. The van der Waals surface area contributed by atoms with Crippen LogP contribution in [0.25, 0.3) is 5.69 Å². The molecule has 0 spiro atoms. The molecular weight excluding hydrogens is 302 g/mol. The van der Waals surface area contributed by atoms with Crippen molar-refractivity contribution in [2.45, 2.75) is 11.9 Å². The monoisotopic (exact) mass is 311 g/mol. The number of benzene rings is 1. The molecule has 1 heterocycles. The molecule has 0 fully saturated rings. The summed E-state index contributed by atoms with van der Waals surface area (Å²) in [7, 11) is 2.79. The summed E-state index contributed by atoms with van der Waals surface area (Å²) >= 11 is 0. The van der Waals surface area contributed by atoms with E-state index in [0.717, 1.165) is 4.68 Å². The van der Waals surface area contributed by atoms with Crippen molar-refractivity contribution in [1.29, 1.82) is 5.26 Å². The van der Waals surface area contributed by atoms with E-state index in [1.165, 1.54) is 7.11 Å². The number of nitriles is 1. The molecule has 0 unspecified atom stereocenters. The SMILES string of the molecule is COc1cccc(-n2nc(C)c(C#N)c2S(=O)(=O)Cl)c1. The molecule has 0 N–H and O–H groups in total. The Bertz CT molecular complexity index is 806. The predicted molar refractivity (Wildman–Crippen MR) is 72.6 cm³/mol. The Labute approximate surface area is 120 Å². The summed E-state index contributed by atoms with van der Waals surface area (Å²) in [4.78, 5) is 0. The average molecular weight is 312 g/mol. The van der Waals surface area contributed by atoms with Crippen LogP contribution < -0.4 is 4.74 Å². The van der Waals surface area contributed by atoms with Crippen LogP contribution >= 0.6 is 10.7 Å². The van der Waals surface area contributed by atoms with Gasteiger partial charge in [-0.05, 0) is 19.1 Å². The molecule has 2 aromatic rings. The topological polar surface area (TPSA) is 85.0 Å². The number of hydrogen-bond acceptors (Lipinski definition) is 5. The number of aromatic nitrogens is 2. The molecule has 6 nitrogen and oxygen atoms in total. The highest BCUT2D eigenvalue weighted by Gasteiger charge is 2.26. The second-order valence-corrected chi connectivity index (χ2v) is 6.41. The average Bonchev–Trinajstić information content (AvgIpc) is 2.75. The Morgan fingerprint density at radius 1 is 1.45 bits per heavy atom. The molecule has 1 aromatic carbocycles. The first-order valence-corrected chi connectivity index (χ1v) is 7.78. The molecule has 8 heteroatoms. The lowest BCUT2D eigenvalue weighted by Gasteiger charge is -2.07. The highest BCUT2D eigenvalue weighted by Crippen LogP contribution is 2.26. The molecule has 0 bridgehead atoms. The van der Waals surface area contributed by atoms with Crippen LogP contribution in [0.4, 0.5) is 0 Å². The maximum absolute atomic E-state index is 11.7. The zero-order valence-electron chi connectivity index (χ0n) is 10.7. The van der Waals surface area contributed by atoms with E-state index in [1.54, 1.807) is 31.2 Å². The van der Waals surface area contributed by atoms with E-state index in [1.807, 2.05) is 6.07 Å². The first kappa shape index (κ1) is 14.4. The molecule has 20 heavy (non-hydrogen) atoms. The minimum Gasteiger partial charge on any atom is -0.497 e. The summed E-state index contributed by atoms with van der Waals surface area (Å²) in [5.41, 5.74) is 0.658. The zero-order chi connectivity index (χ0) is 14.9. The molecule has 2 rings (SSSR count). The first-order valence-electron chi connectivity index (χ1n) is 5.47. The van der Waals surface area contributed by atoms with Crippen LogP contribution in [-0.2, 0) is 9.05 Å². The molecule has 104 valence electrons. The van der Waals surface area contributed by atoms with Gasteiger partial charge in [0.05, 0.1) is 18.5 Å². The summed E-state index contributed by atoms with van der Waals surface area (Å²) in [6.45, 7) is 1.54. The highest BCUT2D eigenvalue weighted by atomic mass is 35.7. The minimum absolute atomic E-state index is 0.0668. The van der Waals surface area contributed by atoms with Gasteiger partial charge in [-0.3, -0.25) is 0 Å². The van der Waals surface area contributed by atoms with E-state index in [2.05, 4.69) is 5.10 Å². The van der Waals surface area contributed by atoms with E-state index in [9.17, 15) is 8.42 Å². The van der Waals surface area contributed by atoms with Crippen molar-refractivity contribution >= 4 is 19.7 Å². The maximum Gasteiger partial charge on any atom is 0.280 e. The third-order valence-corrected chi connectivity index (χ3v) is 3.94. The largest absolute Gasteiger partial charge is 0.497 e. The van der Waals surface area contributed by atoms with Crippen molar-refractivity contribution in [2.75, 3.05) is 7.11 Å². The molecule has 0 atom stereocenters. The third kappa shape index (κ3) is 2.48. The number of ether oxygens (including phenoxy) is 1. The van der Waals surface area contributed by atoms with Gasteiger partial charge in [0.1, 0.15) is 17.4 Å². The van der Waals surface area contributed by atoms with Crippen molar-refractivity contribution in [2.24, 2.45) is 0 Å². The van der Waals surface area contributed by atoms with Crippen LogP contribution in [0.2, 0.25) is 0 Å². The van der Waals surface area contributed by atoms with E-state index in [4.69, 9.17) is 20.7 Å². The van der Waals surface area contributed by atoms with Crippen molar-refractivity contribution in [3.05, 3.63) is 35.5 Å². The van der Waals surface area contributed by atoms with Gasteiger partial charge < -0.3 is 4.74 Å². The van der Waals surface area contributed by atoms with Gasteiger partial charge in [-0.2, -0.15) is 10.4 Å². The Kier molecular flexibility index (Phi) is 3.70. The van der Waals surface area contributed by atoms with Crippen molar-refractivity contribution in [1.82, 2.24) is 9.78 Å². The Hall–Kier alpha value is -2.04. The Morgan fingerprint density at radius 2 is 2.15 bits per heavy atom. The highest BCUT2D eigenvalue weighted by molar-refractivity contribution is 8.13. The van der Waals surface area contributed by atoms with Gasteiger partial charge in [0.15, 0.2) is 5.03 Å². The number of halogens is 1. The van der Waals surface area contributed by atoms with Crippen LogP contribution in [-0.4, -0.2) is 25.3 Å². The van der Waals surface area contributed by atoms with Crippen LogP contribution in [0.3, 0.4) is 0 Å². The number of rotatable bonds is 3. The molecule has 0 aliphatic rings. The van der Waals surface area contributed by atoms with Gasteiger partial charge in [-0.1, -0.05) is 6.07 Å². The fourth-order valence-electron chi connectivity index (χ4n) is 1.78. The molecule has 1 aromatic heterocycles. The van der Waals surface area contributed by atoms with E-state index < -0.39 is 9.05 Å². The molecule has 0 aliphatic carbocycles. The van der Waals surface area contributed by atoms with Crippen LogP contribution in [0.5, 0.6) is 5.75 Å². The van der Waals surface area contributed by atoms with Gasteiger partial charge in [0.25, 0.3) is 9.05 Å². The smallest absolute Gasteiger partial charge is 0.280 e. The number of hydrogen-bond donors (Lipinski definition) is 0. The number of nitrogens with zero attached hydrogens (tertiary/aromatic N) is 3. The van der Waals surface area contributed by atoms with Gasteiger partial charge in [0.2, 0.25) is 0 Å². The second kappa shape index (κ2) is 5.15. The predicted octanol–water partition coefficient (Wildman–Crippen LogP) is 1.99. The lowest BCUT2D eigenvalue weighted by molar-refractivity contribution is 0.414. The number of aryl methyl sites for hydroxylation is 1. The van der Waals surface area contributed by atoms with E-state index >= 15 is 0 Å². The van der Waals surface area contributed by atoms with Crippen molar-refractivity contribution in [3.63, 3.8) is 0 Å². The van der Waals surface area contributed by atoms with Crippen LogP contribution in [0, 0.1) is 18.3 Å². The summed E-state index contributed by atoms with van der Waals surface area (Å²) in [5, 5.41) is 12.8. The molecular formula is C12H10ClN3O3S. The molecule has 0 saturated heterocycles. The fourth-order valence-corrected chi connectivity index (χ4v) is 2.99. The summed E-state index contributed by atoms with van der Waals surface area (Å²) in [6.07, 6.45) is 0. The minimum atomic E-state index is -4.11. The van der Waals surface area contributed by atoms with Gasteiger partial charge in [0, 0.05) is 16.7 Å². The lowest BCUT2D eigenvalue weighted by atomic mass is 10.3. The van der Waals surface area contributed by atoms with Gasteiger partial charge in [-0.15, -0.1) is 0 Å². The zero-order valence-corrected chi connectivity index (χ0v) is 12.2. The molecule has 0 amide bonds. The maximum atomic E-state index is 11.7. The number of methoxy groups -OCH3 is 1. The quantitative estimate of drug-likeness (QED) is 0.809. The van der Waals surface area contributed by atoms with Gasteiger partial charge in [-0.25, -0.2) is 13.1 Å². The lowest BCUT2D eigenvalue weighted by Crippen LogP contribution is -2.06. The third-order valence-electron chi connectivity index (χ3n) is 2.66. The van der Waals surface area contributed by atoms with Crippen LogP contribution in [0.15, 0.2) is 29.3 Å². The van der Waals surface area contributed by atoms with Gasteiger partial charge >= 0.3 is 0 Å². The standard InChI is InChI=1S/C12H10ClN3O3S/c1-8-11(7-14)12(20(13,17)18)16(15-8)9-4-3-5-10(6-9)19-2/h3-6H,1-2H3. The fraction of sp³-hybridized carbons (Fsp3) is 0.167. The molecule has 0 aliphatic heterocycles. The Balaban J connectivity index is 2.78. The molecule has 0 saturated carbocycles. The normalized spacial score (nSPS) is 11.1.